The van der Waals surface area contributed by atoms with Crippen LogP contribution >= 0.6 is 0 Å². The monoisotopic (exact) mass is 317 g/mol. The van der Waals surface area contributed by atoms with Gasteiger partial charge in [-0.25, -0.2) is 0 Å². The zero-order valence-corrected chi connectivity index (χ0v) is 14.9. The number of unbranched alkanes of at least 4 members (excludes halogenated alkanes) is 8. The molecule has 0 radical (unpaired) electrons. The van der Waals surface area contributed by atoms with Crippen molar-refractivity contribution in [3.8, 4) is 0 Å². The molecule has 1 heterocycles. The summed E-state index contributed by atoms with van der Waals surface area (Å²) in [5, 5.41) is 10.1. The summed E-state index contributed by atoms with van der Waals surface area (Å²) in [7, 11) is 0. The van der Waals surface area contributed by atoms with Crippen LogP contribution in [0, 0.1) is 5.92 Å². The maximum atomic E-state index is 10.1. The Bertz CT molecular complexity index is 263. The summed E-state index contributed by atoms with van der Waals surface area (Å²) in [6.45, 7) is 6.30. The van der Waals surface area contributed by atoms with Crippen molar-refractivity contribution in [1.29, 1.82) is 0 Å². The number of rotatable bonds is 10. The van der Waals surface area contributed by atoms with Gasteiger partial charge in [-0.05, 0) is 13.3 Å². The van der Waals surface area contributed by atoms with Crippen LogP contribution in [0.3, 0.4) is 0 Å². The van der Waals surface area contributed by atoms with Gasteiger partial charge in [0.15, 0.2) is 0 Å². The van der Waals surface area contributed by atoms with Gasteiger partial charge < -0.3 is 21.1 Å². The van der Waals surface area contributed by atoms with E-state index in [2.05, 4.69) is 13.8 Å². The maximum absolute atomic E-state index is 10.1. The Kier molecular flexibility index (Phi) is 12.2. The van der Waals surface area contributed by atoms with Crippen molar-refractivity contribution in [2.24, 2.45) is 11.7 Å². The van der Waals surface area contributed by atoms with Gasteiger partial charge in [0.2, 0.25) is 0 Å². The molecule has 134 valence electrons. The quantitative estimate of drug-likeness (QED) is 0.607. The van der Waals surface area contributed by atoms with Gasteiger partial charge in [0, 0.05) is 5.92 Å². The Labute approximate surface area is 137 Å². The molecule has 2 unspecified atom stereocenters. The predicted molar refractivity (Wildman–Crippen MR) is 92.9 cm³/mol. The molecule has 0 aromatic carbocycles. The van der Waals surface area contributed by atoms with E-state index in [0.717, 1.165) is 6.42 Å². The largest absolute Gasteiger partial charge is 0.412 e. The number of hydrogen-bond acceptors (Lipinski definition) is 3. The number of aliphatic hydroxyl groups excluding tert-OH is 1. The molecule has 5 atom stereocenters. The Morgan fingerprint density at radius 3 is 1.95 bits per heavy atom. The Morgan fingerprint density at radius 2 is 1.41 bits per heavy atom. The Morgan fingerprint density at radius 1 is 0.909 bits per heavy atom. The lowest BCUT2D eigenvalue weighted by Crippen LogP contribution is -2.56. The van der Waals surface area contributed by atoms with E-state index < -0.39 is 6.10 Å². The first-order valence-electron chi connectivity index (χ1n) is 9.17. The molecule has 0 aromatic rings. The smallest absolute Gasteiger partial charge is 0.0766 e. The molecule has 4 heteroatoms. The van der Waals surface area contributed by atoms with Crippen molar-refractivity contribution >= 4 is 0 Å². The molecule has 4 nitrogen and oxygen atoms in total. The van der Waals surface area contributed by atoms with E-state index in [9.17, 15) is 5.11 Å². The van der Waals surface area contributed by atoms with Gasteiger partial charge in [0.05, 0.1) is 24.4 Å². The molecular formula is C18H39NO3. The van der Waals surface area contributed by atoms with Crippen molar-refractivity contribution in [3.05, 3.63) is 0 Å². The number of hydrogen-bond donors (Lipinski definition) is 2. The second-order valence-electron chi connectivity index (χ2n) is 6.92. The van der Waals surface area contributed by atoms with E-state index in [0.29, 0.717) is 0 Å². The lowest BCUT2D eigenvalue weighted by atomic mass is 9.85. The summed E-state index contributed by atoms with van der Waals surface area (Å²) in [6.07, 6.45) is 12.9. The highest BCUT2D eigenvalue weighted by Crippen LogP contribution is 2.28. The average molecular weight is 318 g/mol. The van der Waals surface area contributed by atoms with Gasteiger partial charge in [-0.15, -0.1) is 0 Å². The Hall–Kier alpha value is -0.160. The van der Waals surface area contributed by atoms with Crippen LogP contribution < -0.4 is 5.73 Å². The summed E-state index contributed by atoms with van der Waals surface area (Å²) in [5.74, 6) is 0.158. The van der Waals surface area contributed by atoms with Crippen LogP contribution in [0.4, 0.5) is 0 Å². The minimum absolute atomic E-state index is 0. The first-order chi connectivity index (χ1) is 10.1. The standard InChI is InChI=1S/C18H37NO2.H2O/c1-4-5-6-7-8-9-10-11-12-13-16-14(2)18(20)17(19)15(3)21-16;/h14-18,20H,4-13,19H2,1-3H3;1H2/t14-,15+,16?,17?,18-;/m1./s1. The highest BCUT2D eigenvalue weighted by molar-refractivity contribution is 4.90. The molecule has 0 aromatic heterocycles. The second kappa shape index (κ2) is 12.3. The average Bonchev–Trinajstić information content (AvgIpc) is 2.48. The van der Waals surface area contributed by atoms with E-state index >= 15 is 0 Å². The highest BCUT2D eigenvalue weighted by Gasteiger charge is 2.38. The van der Waals surface area contributed by atoms with Gasteiger partial charge in [-0.2, -0.15) is 0 Å². The predicted octanol–water partition coefficient (Wildman–Crippen LogP) is 3.19. The van der Waals surface area contributed by atoms with Crippen LogP contribution in [-0.2, 0) is 4.74 Å². The normalized spacial score (nSPS) is 31.8. The molecule has 1 aliphatic rings. The number of aliphatic hydroxyl groups is 1. The van der Waals surface area contributed by atoms with Crippen molar-refractivity contribution in [2.45, 2.75) is 109 Å². The van der Waals surface area contributed by atoms with Crippen molar-refractivity contribution in [2.75, 3.05) is 0 Å². The summed E-state index contributed by atoms with van der Waals surface area (Å²) in [5.41, 5.74) is 5.94. The molecule has 0 spiro atoms. The van der Waals surface area contributed by atoms with Gasteiger partial charge >= 0.3 is 0 Å². The lowest BCUT2D eigenvalue weighted by molar-refractivity contribution is -0.138. The molecule has 1 fully saturated rings. The van der Waals surface area contributed by atoms with Crippen LogP contribution in [0.2, 0.25) is 0 Å². The molecule has 0 amide bonds. The van der Waals surface area contributed by atoms with Crippen LogP contribution in [0.1, 0.15) is 85.0 Å². The van der Waals surface area contributed by atoms with E-state index in [4.69, 9.17) is 10.5 Å². The molecule has 22 heavy (non-hydrogen) atoms. The third-order valence-electron chi connectivity index (χ3n) is 5.04. The third kappa shape index (κ3) is 7.40. The zero-order chi connectivity index (χ0) is 15.7. The number of nitrogens with two attached hydrogens (primary N) is 1. The minimum atomic E-state index is -0.419. The van der Waals surface area contributed by atoms with Crippen LogP contribution in [0.15, 0.2) is 0 Å². The molecule has 5 N–H and O–H groups in total. The molecule has 1 aliphatic heterocycles. The fourth-order valence-electron chi connectivity index (χ4n) is 3.33. The molecule has 0 saturated carbocycles. The Balaban J connectivity index is 0.00000441. The van der Waals surface area contributed by atoms with E-state index in [1.165, 1.54) is 57.8 Å². The molecule has 0 bridgehead atoms. The fraction of sp³-hybridized carbons (Fsp3) is 1.00. The molecule has 1 rings (SSSR count). The summed E-state index contributed by atoms with van der Waals surface area (Å²) < 4.78 is 5.97. The van der Waals surface area contributed by atoms with Gasteiger partial charge in [0.1, 0.15) is 0 Å². The minimum Gasteiger partial charge on any atom is -0.412 e. The summed E-state index contributed by atoms with van der Waals surface area (Å²) >= 11 is 0. The van der Waals surface area contributed by atoms with Crippen molar-refractivity contribution in [3.63, 3.8) is 0 Å². The first-order valence-corrected chi connectivity index (χ1v) is 9.17. The first kappa shape index (κ1) is 21.8. The third-order valence-corrected chi connectivity index (χ3v) is 5.04. The number of ether oxygens (including phenoxy) is 1. The SMILES string of the molecule is CCCCCCCCCCCC1O[C@@H](C)C(N)[C@H](O)[C@@H]1C.O. The van der Waals surface area contributed by atoms with Crippen molar-refractivity contribution < 1.29 is 15.3 Å². The van der Waals surface area contributed by atoms with Gasteiger partial charge in [-0.3, -0.25) is 0 Å². The lowest BCUT2D eigenvalue weighted by Gasteiger charge is -2.41. The fourth-order valence-corrected chi connectivity index (χ4v) is 3.33. The second-order valence-corrected chi connectivity index (χ2v) is 6.92. The van der Waals surface area contributed by atoms with Crippen LogP contribution in [-0.4, -0.2) is 34.9 Å². The van der Waals surface area contributed by atoms with Crippen LogP contribution in [0.25, 0.3) is 0 Å². The molecule has 1 saturated heterocycles. The molecular weight excluding hydrogens is 278 g/mol. The van der Waals surface area contributed by atoms with E-state index in [-0.39, 0.29) is 29.6 Å². The summed E-state index contributed by atoms with van der Waals surface area (Å²) in [6, 6.07) is -0.237. The maximum Gasteiger partial charge on any atom is 0.0766 e. The van der Waals surface area contributed by atoms with Gasteiger partial charge in [0.25, 0.3) is 0 Å². The van der Waals surface area contributed by atoms with E-state index in [1.54, 1.807) is 0 Å². The zero-order valence-electron chi connectivity index (χ0n) is 14.9. The highest BCUT2D eigenvalue weighted by atomic mass is 16.5. The van der Waals surface area contributed by atoms with Crippen LogP contribution in [0.5, 0.6) is 0 Å². The van der Waals surface area contributed by atoms with E-state index in [1.807, 2.05) is 6.92 Å². The topological polar surface area (TPSA) is 87.0 Å². The summed E-state index contributed by atoms with van der Waals surface area (Å²) in [4.78, 5) is 0. The molecule has 0 aliphatic carbocycles. The van der Waals surface area contributed by atoms with Crippen molar-refractivity contribution in [1.82, 2.24) is 0 Å². The van der Waals surface area contributed by atoms with Gasteiger partial charge in [-0.1, -0.05) is 71.6 Å².